The molecule has 0 radical (unpaired) electrons. The molecule has 1 atom stereocenters. The summed E-state index contributed by atoms with van der Waals surface area (Å²) in [6.07, 6.45) is 6.43. The van der Waals surface area contributed by atoms with E-state index < -0.39 is 0 Å². The number of hydrogen-bond donors (Lipinski definition) is 0. The summed E-state index contributed by atoms with van der Waals surface area (Å²) in [7, 11) is 0. The van der Waals surface area contributed by atoms with Crippen LogP contribution in [0.25, 0.3) is 0 Å². The van der Waals surface area contributed by atoms with Gasteiger partial charge in [0.1, 0.15) is 0 Å². The molecule has 2 saturated heterocycles. The van der Waals surface area contributed by atoms with Crippen LogP contribution in [-0.4, -0.2) is 35.7 Å². The Morgan fingerprint density at radius 3 is 2.76 bits per heavy atom. The molecule has 0 aliphatic carbocycles. The van der Waals surface area contributed by atoms with Crippen molar-refractivity contribution in [2.75, 3.05) is 24.6 Å². The van der Waals surface area contributed by atoms with E-state index in [1.54, 1.807) is 19.2 Å². The number of aryl methyl sites for hydroxylation is 1. The average Bonchev–Trinajstić information content (AvgIpc) is 3.01. The Bertz CT molecular complexity index is 521. The van der Waals surface area contributed by atoms with Crippen molar-refractivity contribution in [3.05, 3.63) is 27.9 Å². The molecule has 2 fully saturated rings. The maximum Gasteiger partial charge on any atom is 0.314 e. The lowest BCUT2D eigenvalue weighted by Gasteiger charge is -2.34. The number of aromatic nitrogens is 1. The third-order valence-electron chi connectivity index (χ3n) is 4.62. The molecule has 1 aromatic heterocycles. The first-order valence-electron chi connectivity index (χ1n) is 7.63. The predicted octanol–water partition coefficient (Wildman–Crippen LogP) is 2.69. The molecule has 1 unspecified atom stereocenters. The zero-order chi connectivity index (χ0) is 14.8. The van der Waals surface area contributed by atoms with Gasteiger partial charge in [-0.15, -0.1) is 0 Å². The van der Waals surface area contributed by atoms with Gasteiger partial charge in [-0.05, 0) is 44.6 Å². The minimum Gasteiger partial charge on any atom is -0.378 e. The molecule has 2 aliphatic rings. The number of pyridine rings is 1. The van der Waals surface area contributed by atoms with E-state index in [1.165, 1.54) is 0 Å². The number of hydrogen-bond acceptors (Lipinski definition) is 5. The van der Waals surface area contributed by atoms with Crippen LogP contribution >= 0.6 is 0 Å². The van der Waals surface area contributed by atoms with E-state index in [-0.39, 0.29) is 10.6 Å². The van der Waals surface area contributed by atoms with E-state index in [1.807, 2.05) is 0 Å². The number of nitrogens with zero attached hydrogens (tertiary/aromatic N) is 3. The van der Waals surface area contributed by atoms with E-state index in [2.05, 4.69) is 9.88 Å². The summed E-state index contributed by atoms with van der Waals surface area (Å²) in [5, 5.41) is 11.3. The van der Waals surface area contributed by atoms with Gasteiger partial charge < -0.3 is 9.64 Å². The number of ether oxygens (including phenoxy) is 1. The average molecular weight is 291 g/mol. The minimum absolute atomic E-state index is 0.146. The molecule has 3 heterocycles. The first-order chi connectivity index (χ1) is 10.2. The second kappa shape index (κ2) is 5.97. The Balaban J connectivity index is 1.72. The molecule has 0 saturated carbocycles. The summed E-state index contributed by atoms with van der Waals surface area (Å²) in [5.74, 6) is 1.11. The highest BCUT2D eigenvalue weighted by Crippen LogP contribution is 2.34. The summed E-state index contributed by atoms with van der Waals surface area (Å²) in [6, 6.07) is 1.70. The molecule has 3 rings (SSSR count). The van der Waals surface area contributed by atoms with Crippen LogP contribution in [0, 0.1) is 23.0 Å². The van der Waals surface area contributed by atoms with Crippen LogP contribution in [-0.2, 0) is 4.74 Å². The smallest absolute Gasteiger partial charge is 0.314 e. The normalized spacial score (nSPS) is 23.5. The number of rotatable bonds is 3. The van der Waals surface area contributed by atoms with E-state index in [0.717, 1.165) is 45.4 Å². The van der Waals surface area contributed by atoms with Gasteiger partial charge >= 0.3 is 5.69 Å². The molecule has 2 aliphatic heterocycles. The topological polar surface area (TPSA) is 68.5 Å². The van der Waals surface area contributed by atoms with Gasteiger partial charge in [-0.1, -0.05) is 0 Å². The molecule has 0 bridgehead atoms. The fourth-order valence-electron chi connectivity index (χ4n) is 3.45. The fourth-order valence-corrected chi connectivity index (χ4v) is 3.45. The minimum atomic E-state index is -0.316. The van der Waals surface area contributed by atoms with Crippen molar-refractivity contribution < 1.29 is 9.66 Å². The Morgan fingerprint density at radius 1 is 1.38 bits per heavy atom. The summed E-state index contributed by atoms with van der Waals surface area (Å²) < 4.78 is 5.77. The summed E-state index contributed by atoms with van der Waals surface area (Å²) >= 11 is 0. The van der Waals surface area contributed by atoms with Crippen molar-refractivity contribution in [2.24, 2.45) is 5.92 Å². The van der Waals surface area contributed by atoms with Crippen LogP contribution in [0.1, 0.15) is 31.2 Å². The highest BCUT2D eigenvalue weighted by molar-refractivity contribution is 5.61. The van der Waals surface area contributed by atoms with Crippen LogP contribution in [0.2, 0.25) is 0 Å². The molecule has 114 valence electrons. The summed E-state index contributed by atoms with van der Waals surface area (Å²) in [4.78, 5) is 17.3. The first-order valence-corrected chi connectivity index (χ1v) is 7.63. The van der Waals surface area contributed by atoms with Crippen LogP contribution in [0.5, 0.6) is 0 Å². The van der Waals surface area contributed by atoms with Crippen molar-refractivity contribution in [3.63, 3.8) is 0 Å². The molecule has 0 N–H and O–H groups in total. The van der Waals surface area contributed by atoms with Crippen LogP contribution < -0.4 is 4.90 Å². The third-order valence-corrected chi connectivity index (χ3v) is 4.62. The molecule has 0 amide bonds. The van der Waals surface area contributed by atoms with Crippen LogP contribution in [0.15, 0.2) is 12.3 Å². The molecule has 6 nitrogen and oxygen atoms in total. The third kappa shape index (κ3) is 2.85. The maximum absolute atomic E-state index is 11.3. The predicted molar refractivity (Wildman–Crippen MR) is 79.5 cm³/mol. The second-order valence-electron chi connectivity index (χ2n) is 5.93. The second-order valence-corrected chi connectivity index (χ2v) is 5.93. The monoisotopic (exact) mass is 291 g/mol. The number of anilines is 1. The lowest BCUT2D eigenvalue weighted by atomic mass is 9.90. The van der Waals surface area contributed by atoms with E-state index in [9.17, 15) is 10.1 Å². The van der Waals surface area contributed by atoms with Gasteiger partial charge in [0.05, 0.1) is 11.0 Å². The number of piperidine rings is 1. The van der Waals surface area contributed by atoms with Gasteiger partial charge in [0.25, 0.3) is 0 Å². The maximum atomic E-state index is 11.3. The molecule has 6 heteroatoms. The van der Waals surface area contributed by atoms with Crippen molar-refractivity contribution in [2.45, 2.75) is 38.7 Å². The highest BCUT2D eigenvalue weighted by Gasteiger charge is 2.32. The SMILES string of the molecule is Cc1ccnc(N2CCC(C3CCCO3)CC2)c1[N+](=O)[O-]. The van der Waals surface area contributed by atoms with E-state index in [0.29, 0.717) is 23.4 Å². The van der Waals surface area contributed by atoms with Crippen molar-refractivity contribution >= 4 is 11.5 Å². The van der Waals surface area contributed by atoms with E-state index >= 15 is 0 Å². The van der Waals surface area contributed by atoms with E-state index in [4.69, 9.17) is 4.74 Å². The Morgan fingerprint density at radius 2 is 2.14 bits per heavy atom. The zero-order valence-electron chi connectivity index (χ0n) is 12.3. The molecular weight excluding hydrogens is 270 g/mol. The number of nitro groups is 1. The van der Waals surface area contributed by atoms with Crippen LogP contribution in [0.3, 0.4) is 0 Å². The zero-order valence-corrected chi connectivity index (χ0v) is 12.3. The standard InChI is InChI=1S/C15H21N3O3/c1-11-4-7-16-15(14(11)18(19)20)17-8-5-12(6-9-17)13-3-2-10-21-13/h4,7,12-13H,2-3,5-6,8-10H2,1H3. The molecular formula is C15H21N3O3. The summed E-state index contributed by atoms with van der Waals surface area (Å²) in [5.41, 5.74) is 0.819. The van der Waals surface area contributed by atoms with Gasteiger partial charge in [0.2, 0.25) is 5.82 Å². The largest absolute Gasteiger partial charge is 0.378 e. The fraction of sp³-hybridized carbons (Fsp3) is 0.667. The van der Waals surface area contributed by atoms with Gasteiger partial charge in [-0.25, -0.2) is 4.98 Å². The Kier molecular flexibility index (Phi) is 4.05. The quantitative estimate of drug-likeness (QED) is 0.632. The van der Waals surface area contributed by atoms with Gasteiger partial charge in [-0.3, -0.25) is 10.1 Å². The first kappa shape index (κ1) is 14.3. The van der Waals surface area contributed by atoms with Crippen molar-refractivity contribution in [1.82, 2.24) is 4.98 Å². The summed E-state index contributed by atoms with van der Waals surface area (Å²) in [6.45, 7) is 4.29. The Hall–Kier alpha value is -1.69. The highest BCUT2D eigenvalue weighted by atomic mass is 16.6. The molecule has 0 aromatic carbocycles. The van der Waals surface area contributed by atoms with Gasteiger partial charge in [-0.2, -0.15) is 0 Å². The van der Waals surface area contributed by atoms with Gasteiger partial charge in [0, 0.05) is 31.5 Å². The molecule has 0 spiro atoms. The van der Waals surface area contributed by atoms with Crippen molar-refractivity contribution in [3.8, 4) is 0 Å². The molecule has 1 aromatic rings. The van der Waals surface area contributed by atoms with Crippen LogP contribution in [0.4, 0.5) is 11.5 Å². The lowest BCUT2D eigenvalue weighted by molar-refractivity contribution is -0.384. The lowest BCUT2D eigenvalue weighted by Crippen LogP contribution is -2.38. The molecule has 21 heavy (non-hydrogen) atoms. The van der Waals surface area contributed by atoms with Gasteiger partial charge in [0.15, 0.2) is 0 Å². The Labute approximate surface area is 124 Å². The van der Waals surface area contributed by atoms with Crippen molar-refractivity contribution in [1.29, 1.82) is 0 Å².